The number of alkyl halides is 1. The van der Waals surface area contributed by atoms with Crippen molar-refractivity contribution in [3.63, 3.8) is 0 Å². The standard InChI is InChI=1S/C7H9BrClN3O/c1-2-12-4-5(8)7(11-12)10-6(13)3-9/h4H,2-3H2,1H3,(H,10,11,13). The smallest absolute Gasteiger partial charge is 0.240 e. The Hall–Kier alpha value is -0.550. The van der Waals surface area contributed by atoms with Gasteiger partial charge in [-0.25, -0.2) is 0 Å². The summed E-state index contributed by atoms with van der Waals surface area (Å²) in [5.41, 5.74) is 0. The van der Waals surface area contributed by atoms with Crippen molar-refractivity contribution in [2.45, 2.75) is 13.5 Å². The van der Waals surface area contributed by atoms with Crippen molar-refractivity contribution in [3.8, 4) is 0 Å². The number of amides is 1. The third-order valence-corrected chi connectivity index (χ3v) is 2.24. The molecule has 1 heterocycles. The molecule has 0 saturated carbocycles. The van der Waals surface area contributed by atoms with Gasteiger partial charge in [0, 0.05) is 12.7 Å². The Labute approximate surface area is 89.4 Å². The molecule has 13 heavy (non-hydrogen) atoms. The lowest BCUT2D eigenvalue weighted by Gasteiger charge is -1.97. The van der Waals surface area contributed by atoms with Crippen LogP contribution in [0, 0.1) is 0 Å². The van der Waals surface area contributed by atoms with Gasteiger partial charge >= 0.3 is 0 Å². The maximum absolute atomic E-state index is 10.9. The molecule has 0 aliphatic rings. The van der Waals surface area contributed by atoms with Crippen LogP contribution in [0.25, 0.3) is 0 Å². The number of hydrogen-bond donors (Lipinski definition) is 1. The summed E-state index contributed by atoms with van der Waals surface area (Å²) >= 11 is 8.61. The minimum absolute atomic E-state index is 0.0641. The van der Waals surface area contributed by atoms with Crippen molar-refractivity contribution >= 4 is 39.3 Å². The highest BCUT2D eigenvalue weighted by molar-refractivity contribution is 9.10. The number of hydrogen-bond acceptors (Lipinski definition) is 2. The van der Waals surface area contributed by atoms with Gasteiger partial charge in [0.05, 0.1) is 4.47 Å². The van der Waals surface area contributed by atoms with Crippen molar-refractivity contribution in [2.24, 2.45) is 0 Å². The normalized spacial score (nSPS) is 10.1. The van der Waals surface area contributed by atoms with Gasteiger partial charge in [-0.15, -0.1) is 11.6 Å². The third-order valence-electron chi connectivity index (χ3n) is 1.42. The molecule has 0 unspecified atom stereocenters. The zero-order chi connectivity index (χ0) is 9.84. The molecule has 0 bridgehead atoms. The summed E-state index contributed by atoms with van der Waals surface area (Å²) in [7, 11) is 0. The minimum Gasteiger partial charge on any atom is -0.307 e. The van der Waals surface area contributed by atoms with E-state index in [4.69, 9.17) is 11.6 Å². The molecule has 1 aromatic rings. The van der Waals surface area contributed by atoms with Crippen LogP contribution in [0.4, 0.5) is 5.82 Å². The van der Waals surface area contributed by atoms with Crippen molar-refractivity contribution < 1.29 is 4.79 Å². The number of aryl methyl sites for hydroxylation is 1. The van der Waals surface area contributed by atoms with Crippen LogP contribution in [0.1, 0.15) is 6.92 Å². The fraction of sp³-hybridized carbons (Fsp3) is 0.429. The van der Waals surface area contributed by atoms with Gasteiger partial charge in [0.1, 0.15) is 5.88 Å². The Bertz CT molecular complexity index is 313. The lowest BCUT2D eigenvalue weighted by molar-refractivity contribution is -0.113. The van der Waals surface area contributed by atoms with Gasteiger partial charge in [0.2, 0.25) is 5.91 Å². The van der Waals surface area contributed by atoms with E-state index in [1.165, 1.54) is 0 Å². The number of aromatic nitrogens is 2. The van der Waals surface area contributed by atoms with Crippen molar-refractivity contribution in [1.82, 2.24) is 9.78 Å². The summed E-state index contributed by atoms with van der Waals surface area (Å²) in [4.78, 5) is 10.9. The monoisotopic (exact) mass is 265 g/mol. The Morgan fingerprint density at radius 1 is 1.85 bits per heavy atom. The molecule has 72 valence electrons. The van der Waals surface area contributed by atoms with Crippen molar-refractivity contribution in [2.75, 3.05) is 11.2 Å². The van der Waals surface area contributed by atoms with Gasteiger partial charge in [-0.3, -0.25) is 9.48 Å². The molecule has 0 spiro atoms. The molecule has 0 saturated heterocycles. The molecule has 1 N–H and O–H groups in total. The quantitative estimate of drug-likeness (QED) is 0.849. The van der Waals surface area contributed by atoms with Crippen LogP contribution in [0.5, 0.6) is 0 Å². The predicted octanol–water partition coefficient (Wildman–Crippen LogP) is 1.84. The summed E-state index contributed by atoms with van der Waals surface area (Å²) in [6.45, 7) is 2.72. The number of carbonyl (C=O) groups excluding carboxylic acids is 1. The topological polar surface area (TPSA) is 46.9 Å². The van der Waals surface area contributed by atoms with Crippen molar-refractivity contribution in [1.29, 1.82) is 0 Å². The van der Waals surface area contributed by atoms with Crippen LogP contribution in [0.2, 0.25) is 0 Å². The van der Waals surface area contributed by atoms with Crippen LogP contribution in [0.3, 0.4) is 0 Å². The summed E-state index contributed by atoms with van der Waals surface area (Å²) in [6.07, 6.45) is 1.80. The summed E-state index contributed by atoms with van der Waals surface area (Å²) in [6, 6.07) is 0. The van der Waals surface area contributed by atoms with Gasteiger partial charge in [-0.1, -0.05) is 0 Å². The Kier molecular flexibility index (Phi) is 3.74. The molecule has 6 heteroatoms. The number of rotatable bonds is 3. The van der Waals surface area contributed by atoms with Crippen LogP contribution in [-0.2, 0) is 11.3 Å². The molecule has 0 aromatic carbocycles. The van der Waals surface area contributed by atoms with E-state index in [1.54, 1.807) is 10.9 Å². The number of halogens is 2. The SMILES string of the molecule is CCn1cc(Br)c(NC(=O)CCl)n1. The highest BCUT2D eigenvalue weighted by atomic mass is 79.9. The second-order valence-corrected chi connectivity index (χ2v) is 3.48. The van der Waals surface area contributed by atoms with Crippen molar-refractivity contribution in [3.05, 3.63) is 10.7 Å². The van der Waals surface area contributed by atoms with Crippen LogP contribution >= 0.6 is 27.5 Å². The van der Waals surface area contributed by atoms with Gasteiger partial charge in [0.15, 0.2) is 5.82 Å². The van der Waals surface area contributed by atoms with E-state index in [0.29, 0.717) is 5.82 Å². The highest BCUT2D eigenvalue weighted by Crippen LogP contribution is 2.19. The minimum atomic E-state index is -0.260. The van der Waals surface area contributed by atoms with Crippen LogP contribution in [-0.4, -0.2) is 21.6 Å². The molecular weight excluding hydrogens is 257 g/mol. The largest absolute Gasteiger partial charge is 0.307 e. The van der Waals surface area contributed by atoms with E-state index >= 15 is 0 Å². The fourth-order valence-corrected chi connectivity index (χ4v) is 1.29. The van der Waals surface area contributed by atoms with E-state index < -0.39 is 0 Å². The van der Waals surface area contributed by atoms with Gasteiger partial charge < -0.3 is 5.32 Å². The van der Waals surface area contributed by atoms with Crippen LogP contribution in [0.15, 0.2) is 10.7 Å². The average molecular weight is 267 g/mol. The van der Waals surface area contributed by atoms with Gasteiger partial charge in [0.25, 0.3) is 0 Å². The lowest BCUT2D eigenvalue weighted by Crippen LogP contribution is -2.13. The Morgan fingerprint density at radius 3 is 3.00 bits per heavy atom. The van der Waals surface area contributed by atoms with E-state index in [9.17, 15) is 4.79 Å². The number of carbonyl (C=O) groups is 1. The van der Waals surface area contributed by atoms with E-state index in [2.05, 4.69) is 26.3 Å². The van der Waals surface area contributed by atoms with E-state index in [-0.39, 0.29) is 11.8 Å². The first kappa shape index (κ1) is 10.5. The fourth-order valence-electron chi connectivity index (χ4n) is 0.809. The predicted molar refractivity (Wildman–Crippen MR) is 55.0 cm³/mol. The summed E-state index contributed by atoms with van der Waals surface area (Å²) < 4.78 is 2.47. The molecular formula is C7H9BrClN3O. The third kappa shape index (κ3) is 2.70. The maximum Gasteiger partial charge on any atom is 0.240 e. The van der Waals surface area contributed by atoms with Gasteiger partial charge in [-0.05, 0) is 22.9 Å². The first-order valence-corrected chi connectivity index (χ1v) is 5.09. The number of anilines is 1. The average Bonchev–Trinajstić information content (AvgIpc) is 2.47. The first-order valence-electron chi connectivity index (χ1n) is 3.76. The maximum atomic E-state index is 10.9. The van der Waals surface area contributed by atoms with E-state index in [0.717, 1.165) is 11.0 Å². The Balaban J connectivity index is 2.76. The summed E-state index contributed by atoms with van der Waals surface area (Å²) in [5.74, 6) is 0.182. The molecule has 0 aliphatic heterocycles. The number of nitrogens with one attached hydrogen (secondary N) is 1. The highest BCUT2D eigenvalue weighted by Gasteiger charge is 2.08. The first-order chi connectivity index (χ1) is 6.17. The molecule has 4 nitrogen and oxygen atoms in total. The molecule has 1 rings (SSSR count). The lowest BCUT2D eigenvalue weighted by atomic mass is 10.6. The Morgan fingerprint density at radius 2 is 2.54 bits per heavy atom. The molecule has 0 radical (unpaired) electrons. The van der Waals surface area contributed by atoms with Gasteiger partial charge in [-0.2, -0.15) is 5.10 Å². The second-order valence-electron chi connectivity index (χ2n) is 2.36. The number of nitrogens with zero attached hydrogens (tertiary/aromatic N) is 2. The summed E-state index contributed by atoms with van der Waals surface area (Å²) in [5, 5.41) is 6.66. The molecule has 0 aliphatic carbocycles. The van der Waals surface area contributed by atoms with E-state index in [1.807, 2.05) is 6.92 Å². The molecule has 0 fully saturated rings. The zero-order valence-electron chi connectivity index (χ0n) is 7.05. The molecule has 1 aromatic heterocycles. The zero-order valence-corrected chi connectivity index (χ0v) is 9.39. The molecule has 1 amide bonds. The molecule has 0 atom stereocenters. The van der Waals surface area contributed by atoms with Crippen LogP contribution < -0.4 is 5.32 Å². The second kappa shape index (κ2) is 4.62.